The molecule has 0 fully saturated rings. The summed E-state index contributed by atoms with van der Waals surface area (Å²) in [5.74, 6) is -0.131. The van der Waals surface area contributed by atoms with Crippen LogP contribution in [0.1, 0.15) is 60.4 Å². The highest BCUT2D eigenvalue weighted by atomic mass is 32.2. The lowest BCUT2D eigenvalue weighted by atomic mass is 9.96. The molecule has 0 saturated carbocycles. The Morgan fingerprint density at radius 2 is 1.24 bits per heavy atom. The third-order valence-electron chi connectivity index (χ3n) is 8.79. The Balaban J connectivity index is 1.31. The summed E-state index contributed by atoms with van der Waals surface area (Å²) in [6.07, 6.45) is 2.94. The molecule has 4 aromatic rings. The van der Waals surface area contributed by atoms with E-state index in [1.165, 1.54) is 15.4 Å². The quantitative estimate of drug-likeness (QED) is 0.226. The first kappa shape index (κ1) is 32.4. The lowest BCUT2D eigenvalue weighted by Crippen LogP contribution is -2.37. The summed E-state index contributed by atoms with van der Waals surface area (Å²) < 4.78 is 28.6. The maximum Gasteiger partial charge on any atom is 0.225 e. The molecule has 0 bridgehead atoms. The van der Waals surface area contributed by atoms with Gasteiger partial charge in [-0.15, -0.1) is 0 Å². The minimum Gasteiger partial charge on any atom is -0.326 e. The van der Waals surface area contributed by atoms with E-state index in [0.717, 1.165) is 69.5 Å². The third-order valence-corrected chi connectivity index (χ3v) is 10.7. The van der Waals surface area contributed by atoms with Gasteiger partial charge in [0.2, 0.25) is 15.9 Å². The van der Waals surface area contributed by atoms with Crippen LogP contribution in [-0.4, -0.2) is 37.5 Å². The zero-order valence-corrected chi connectivity index (χ0v) is 27.7. The fourth-order valence-electron chi connectivity index (χ4n) is 6.37. The third kappa shape index (κ3) is 8.19. The van der Waals surface area contributed by atoms with Crippen LogP contribution in [0.25, 0.3) is 28.0 Å². The van der Waals surface area contributed by atoms with Crippen molar-refractivity contribution in [3.8, 4) is 22.3 Å². The molecule has 0 radical (unpaired) electrons. The standard InChI is InChI=1S/C39H44N2O3S/c1-28-24-30(3)37(31(4)25-28)20-23-45(43,44)41-21-9-8-12-29(2)39(40-38(42)19-22-41)36-18-11-17-35(27-36)34-16-10-15-33(26-34)32-13-6-5-7-14-32/h5-7,10-11,13-18,24-27H,8-9,12,19-23H2,1-4H3,(H,40,42)/b39-29+. The number of hydrogen-bond acceptors (Lipinski definition) is 3. The van der Waals surface area contributed by atoms with Gasteiger partial charge >= 0.3 is 0 Å². The summed E-state index contributed by atoms with van der Waals surface area (Å²) >= 11 is 0. The summed E-state index contributed by atoms with van der Waals surface area (Å²) in [4.78, 5) is 13.3. The second-order valence-corrected chi connectivity index (χ2v) is 14.4. The van der Waals surface area contributed by atoms with E-state index in [-0.39, 0.29) is 24.6 Å². The van der Waals surface area contributed by atoms with Gasteiger partial charge < -0.3 is 5.32 Å². The number of amides is 1. The first-order valence-electron chi connectivity index (χ1n) is 15.9. The molecule has 6 heteroatoms. The number of benzene rings is 4. The van der Waals surface area contributed by atoms with Crippen LogP contribution >= 0.6 is 0 Å². The number of hydrogen-bond donors (Lipinski definition) is 1. The molecule has 0 aliphatic carbocycles. The smallest absolute Gasteiger partial charge is 0.225 e. The summed E-state index contributed by atoms with van der Waals surface area (Å²) in [6.45, 7) is 8.82. The van der Waals surface area contributed by atoms with Crippen LogP contribution in [0.2, 0.25) is 0 Å². The summed E-state index contributed by atoms with van der Waals surface area (Å²) in [7, 11) is -3.53. The van der Waals surface area contributed by atoms with Gasteiger partial charge in [0.1, 0.15) is 0 Å². The molecule has 0 unspecified atom stereocenters. The van der Waals surface area contributed by atoms with Gasteiger partial charge in [0, 0.05) is 25.2 Å². The predicted octanol–water partition coefficient (Wildman–Crippen LogP) is 8.24. The van der Waals surface area contributed by atoms with Crippen LogP contribution < -0.4 is 5.32 Å². The highest BCUT2D eigenvalue weighted by molar-refractivity contribution is 7.89. The molecule has 1 aliphatic rings. The van der Waals surface area contributed by atoms with Crippen molar-refractivity contribution < 1.29 is 13.2 Å². The SMILES string of the molecule is C/C1=C(/c2cccc(-c3cccc(-c4ccccc4)c3)c2)NC(=O)CCN(S(=O)(=O)CCc2c(C)cc(C)cc2C)CCCC1. The Labute approximate surface area is 269 Å². The van der Waals surface area contributed by atoms with Crippen molar-refractivity contribution in [2.45, 2.75) is 59.8 Å². The van der Waals surface area contributed by atoms with Gasteiger partial charge in [0.15, 0.2) is 0 Å². The Bertz CT molecular complexity index is 1790. The van der Waals surface area contributed by atoms with Crippen molar-refractivity contribution in [3.63, 3.8) is 0 Å². The normalized spacial score (nSPS) is 17.0. The molecule has 5 rings (SSSR count). The lowest BCUT2D eigenvalue weighted by Gasteiger charge is -2.22. The lowest BCUT2D eigenvalue weighted by molar-refractivity contribution is -0.120. The Hall–Kier alpha value is -4.00. The van der Waals surface area contributed by atoms with Gasteiger partial charge in [0.05, 0.1) is 5.75 Å². The molecule has 0 aromatic heterocycles. The molecule has 1 amide bonds. The topological polar surface area (TPSA) is 66.5 Å². The fraction of sp³-hybridized carbons (Fsp3) is 0.308. The van der Waals surface area contributed by atoms with Crippen molar-refractivity contribution in [2.24, 2.45) is 0 Å². The van der Waals surface area contributed by atoms with E-state index in [1.807, 2.05) is 44.2 Å². The maximum atomic E-state index is 13.5. The van der Waals surface area contributed by atoms with Crippen molar-refractivity contribution in [1.29, 1.82) is 0 Å². The molecule has 0 atom stereocenters. The van der Waals surface area contributed by atoms with E-state index in [1.54, 1.807) is 0 Å². The van der Waals surface area contributed by atoms with Gasteiger partial charge in [-0.2, -0.15) is 0 Å². The average Bonchev–Trinajstić information content (AvgIpc) is 3.06. The average molecular weight is 621 g/mol. The van der Waals surface area contributed by atoms with E-state index >= 15 is 0 Å². The zero-order valence-electron chi connectivity index (χ0n) is 26.9. The van der Waals surface area contributed by atoms with E-state index in [0.29, 0.717) is 13.0 Å². The largest absolute Gasteiger partial charge is 0.326 e. The number of sulfonamides is 1. The van der Waals surface area contributed by atoms with E-state index in [4.69, 9.17) is 0 Å². The van der Waals surface area contributed by atoms with Crippen LogP contribution in [-0.2, 0) is 21.2 Å². The van der Waals surface area contributed by atoms with Gasteiger partial charge in [0.25, 0.3) is 0 Å². The highest BCUT2D eigenvalue weighted by Gasteiger charge is 2.24. The molecular weight excluding hydrogens is 577 g/mol. The van der Waals surface area contributed by atoms with E-state index in [2.05, 4.69) is 79.8 Å². The molecule has 0 saturated heterocycles. The number of allylic oxidation sites excluding steroid dienone is 1. The van der Waals surface area contributed by atoms with Crippen molar-refractivity contribution in [2.75, 3.05) is 18.8 Å². The fourth-order valence-corrected chi connectivity index (χ4v) is 7.87. The molecule has 45 heavy (non-hydrogen) atoms. The van der Waals surface area contributed by atoms with E-state index in [9.17, 15) is 13.2 Å². The van der Waals surface area contributed by atoms with Crippen molar-refractivity contribution >= 4 is 21.6 Å². The maximum absolute atomic E-state index is 13.5. The van der Waals surface area contributed by atoms with Crippen molar-refractivity contribution in [3.05, 3.63) is 124 Å². The first-order valence-corrected chi connectivity index (χ1v) is 17.5. The number of nitrogens with zero attached hydrogens (tertiary/aromatic N) is 1. The molecule has 4 aromatic carbocycles. The van der Waals surface area contributed by atoms with Crippen LogP contribution in [0, 0.1) is 20.8 Å². The van der Waals surface area contributed by atoms with Gasteiger partial charge in [-0.25, -0.2) is 12.7 Å². The second-order valence-electron chi connectivity index (χ2n) is 12.3. The van der Waals surface area contributed by atoms with Crippen LogP contribution in [0.3, 0.4) is 0 Å². The van der Waals surface area contributed by atoms with Crippen molar-refractivity contribution in [1.82, 2.24) is 9.62 Å². The number of carbonyl (C=O) groups excluding carboxylic acids is 1. The van der Waals surface area contributed by atoms with Crippen LogP contribution in [0.4, 0.5) is 0 Å². The number of nitrogens with one attached hydrogen (secondary N) is 1. The summed E-state index contributed by atoms with van der Waals surface area (Å²) in [6, 6.07) is 31.4. The Morgan fingerprint density at radius 1 is 0.667 bits per heavy atom. The summed E-state index contributed by atoms with van der Waals surface area (Å²) in [5.41, 5.74) is 11.9. The van der Waals surface area contributed by atoms with Gasteiger partial charge in [-0.05, 0) is 116 Å². The Morgan fingerprint density at radius 3 is 1.91 bits per heavy atom. The van der Waals surface area contributed by atoms with E-state index < -0.39 is 10.0 Å². The van der Waals surface area contributed by atoms with Gasteiger partial charge in [-0.3, -0.25) is 4.79 Å². The van der Waals surface area contributed by atoms with Crippen LogP contribution in [0.15, 0.2) is 96.6 Å². The van der Waals surface area contributed by atoms with Gasteiger partial charge in [-0.1, -0.05) is 84.4 Å². The minimum absolute atomic E-state index is 0.0418. The molecule has 234 valence electrons. The minimum atomic E-state index is -3.53. The number of rotatable bonds is 7. The predicted molar refractivity (Wildman–Crippen MR) is 186 cm³/mol. The highest BCUT2D eigenvalue weighted by Crippen LogP contribution is 2.30. The number of aryl methyl sites for hydroxylation is 3. The molecule has 5 nitrogen and oxygen atoms in total. The second kappa shape index (κ2) is 14.4. The molecule has 1 N–H and O–H groups in total. The summed E-state index contributed by atoms with van der Waals surface area (Å²) in [5, 5.41) is 3.17. The zero-order chi connectivity index (χ0) is 32.0. The molecule has 0 spiro atoms. The molecular formula is C39H44N2O3S. The monoisotopic (exact) mass is 620 g/mol. The molecule has 1 aliphatic heterocycles. The number of carbonyl (C=O) groups is 1. The first-order chi connectivity index (χ1) is 21.6. The van der Waals surface area contributed by atoms with Crippen LogP contribution in [0.5, 0.6) is 0 Å². The Kier molecular flexibility index (Phi) is 10.4. The molecule has 1 heterocycles.